The predicted octanol–water partition coefficient (Wildman–Crippen LogP) is 0.458. The van der Waals surface area contributed by atoms with Gasteiger partial charge >= 0.3 is 0 Å². The summed E-state index contributed by atoms with van der Waals surface area (Å²) in [5.74, 6) is 0.391. The Morgan fingerprint density at radius 2 is 2.00 bits per heavy atom. The van der Waals surface area contributed by atoms with Crippen LogP contribution in [0.15, 0.2) is 0 Å². The van der Waals surface area contributed by atoms with Crippen molar-refractivity contribution < 1.29 is 13.2 Å². The molecule has 1 aliphatic heterocycles. The van der Waals surface area contributed by atoms with Crippen LogP contribution in [-0.4, -0.2) is 44.5 Å². The number of sulfone groups is 1. The average molecular weight is 276 g/mol. The maximum atomic E-state index is 11.7. The monoisotopic (exact) mass is 276 g/mol. The topological polar surface area (TPSA) is 75.3 Å². The van der Waals surface area contributed by atoms with Gasteiger partial charge in [0.05, 0.1) is 18.1 Å². The predicted molar refractivity (Wildman–Crippen MR) is 72.2 cm³/mol. The van der Waals surface area contributed by atoms with Gasteiger partial charge in [0.1, 0.15) is 0 Å². The Kier molecular flexibility index (Phi) is 6.08. The zero-order valence-electron chi connectivity index (χ0n) is 11.2. The Morgan fingerprint density at radius 1 is 1.33 bits per heavy atom. The first-order chi connectivity index (χ1) is 8.46. The lowest BCUT2D eigenvalue weighted by atomic mass is 10.1. The molecule has 6 heteroatoms. The fraction of sp³-hybridized carbons (Fsp3) is 0.917. The van der Waals surface area contributed by atoms with Gasteiger partial charge in [-0.05, 0) is 25.7 Å². The van der Waals surface area contributed by atoms with Gasteiger partial charge in [-0.15, -0.1) is 0 Å². The van der Waals surface area contributed by atoms with Crippen LogP contribution in [0.4, 0.5) is 0 Å². The third-order valence-corrected chi connectivity index (χ3v) is 5.19. The Balaban J connectivity index is 2.30. The van der Waals surface area contributed by atoms with Gasteiger partial charge in [0.15, 0.2) is 9.84 Å². The van der Waals surface area contributed by atoms with E-state index in [1.54, 1.807) is 0 Å². The second-order valence-electron chi connectivity index (χ2n) is 4.92. The van der Waals surface area contributed by atoms with E-state index in [1.807, 2.05) is 13.8 Å². The molecule has 1 heterocycles. The molecule has 0 aromatic heterocycles. The molecule has 5 nitrogen and oxygen atoms in total. The maximum absolute atomic E-state index is 11.7. The maximum Gasteiger partial charge on any atom is 0.234 e. The van der Waals surface area contributed by atoms with Crippen LogP contribution in [0, 0.1) is 0 Å². The van der Waals surface area contributed by atoms with Gasteiger partial charge < -0.3 is 10.6 Å². The molecule has 0 bridgehead atoms. The van der Waals surface area contributed by atoms with E-state index >= 15 is 0 Å². The second-order valence-corrected chi connectivity index (χ2v) is 7.14. The summed E-state index contributed by atoms with van der Waals surface area (Å²) in [6, 6.07) is 0.144. The Bertz CT molecular complexity index is 364. The Hall–Kier alpha value is -0.620. The standard InChI is InChI=1S/C12H24N2O3S/c1-3-10(4-2)14-12(15)8-13-11-6-5-7-18(16,17)9-11/h10-11,13H,3-9H2,1-2H3,(H,14,15). The molecule has 2 N–H and O–H groups in total. The minimum Gasteiger partial charge on any atom is -0.352 e. The van der Waals surface area contributed by atoms with E-state index in [9.17, 15) is 13.2 Å². The molecule has 0 saturated carbocycles. The Labute approximate surface area is 110 Å². The summed E-state index contributed by atoms with van der Waals surface area (Å²) in [4.78, 5) is 11.7. The zero-order valence-corrected chi connectivity index (χ0v) is 12.1. The molecule has 0 aromatic carbocycles. The van der Waals surface area contributed by atoms with Gasteiger partial charge in [0, 0.05) is 12.1 Å². The van der Waals surface area contributed by atoms with Crippen LogP contribution in [0.1, 0.15) is 39.5 Å². The molecule has 0 radical (unpaired) electrons. The normalized spacial score (nSPS) is 22.9. The molecule has 1 amide bonds. The minimum absolute atomic E-state index is 0.0494. The molecule has 1 rings (SSSR count). The van der Waals surface area contributed by atoms with Gasteiger partial charge in [-0.2, -0.15) is 0 Å². The molecule has 0 aromatic rings. The third kappa shape index (κ3) is 5.35. The summed E-state index contributed by atoms with van der Waals surface area (Å²) >= 11 is 0. The smallest absolute Gasteiger partial charge is 0.234 e. The van der Waals surface area contributed by atoms with Crippen molar-refractivity contribution >= 4 is 15.7 Å². The van der Waals surface area contributed by atoms with E-state index in [0.29, 0.717) is 6.42 Å². The van der Waals surface area contributed by atoms with Crippen molar-refractivity contribution in [2.75, 3.05) is 18.1 Å². The molecule has 1 fully saturated rings. The summed E-state index contributed by atoms with van der Waals surface area (Å²) in [6.07, 6.45) is 3.35. The van der Waals surface area contributed by atoms with E-state index in [-0.39, 0.29) is 36.0 Å². The van der Waals surface area contributed by atoms with E-state index < -0.39 is 9.84 Å². The number of hydrogen-bond acceptors (Lipinski definition) is 4. The highest BCUT2D eigenvalue weighted by molar-refractivity contribution is 7.91. The van der Waals surface area contributed by atoms with Crippen molar-refractivity contribution in [1.82, 2.24) is 10.6 Å². The number of hydrogen-bond donors (Lipinski definition) is 2. The summed E-state index contributed by atoms with van der Waals surface area (Å²) in [6.45, 7) is 4.28. The first-order valence-corrected chi connectivity index (χ1v) is 8.52. The summed E-state index contributed by atoms with van der Waals surface area (Å²) < 4.78 is 22.9. The molecule has 1 saturated heterocycles. The van der Waals surface area contributed by atoms with Gasteiger partial charge in [-0.3, -0.25) is 4.79 Å². The fourth-order valence-electron chi connectivity index (χ4n) is 2.19. The van der Waals surface area contributed by atoms with Crippen molar-refractivity contribution in [3.8, 4) is 0 Å². The molecular formula is C12H24N2O3S. The largest absolute Gasteiger partial charge is 0.352 e. The van der Waals surface area contributed by atoms with Gasteiger partial charge in [0.25, 0.3) is 0 Å². The first-order valence-electron chi connectivity index (χ1n) is 6.70. The van der Waals surface area contributed by atoms with Crippen LogP contribution in [0.5, 0.6) is 0 Å². The summed E-state index contributed by atoms with van der Waals surface area (Å²) in [7, 11) is -2.91. The number of rotatable bonds is 6. The lowest BCUT2D eigenvalue weighted by molar-refractivity contribution is -0.121. The van der Waals surface area contributed by atoms with Crippen molar-refractivity contribution in [2.45, 2.75) is 51.6 Å². The molecular weight excluding hydrogens is 252 g/mol. The zero-order chi connectivity index (χ0) is 13.6. The highest BCUT2D eigenvalue weighted by Gasteiger charge is 2.24. The molecule has 18 heavy (non-hydrogen) atoms. The Morgan fingerprint density at radius 3 is 2.56 bits per heavy atom. The molecule has 106 valence electrons. The number of nitrogens with one attached hydrogen (secondary N) is 2. The molecule has 1 aliphatic rings. The quantitative estimate of drug-likeness (QED) is 0.739. The number of amides is 1. The van der Waals surface area contributed by atoms with Crippen LogP contribution in [0.25, 0.3) is 0 Å². The lowest BCUT2D eigenvalue weighted by Crippen LogP contribution is -2.46. The van der Waals surface area contributed by atoms with Crippen LogP contribution >= 0.6 is 0 Å². The summed E-state index contributed by atoms with van der Waals surface area (Å²) in [5, 5.41) is 5.97. The molecule has 0 aliphatic carbocycles. The van der Waals surface area contributed by atoms with Crippen LogP contribution in [0.2, 0.25) is 0 Å². The SMILES string of the molecule is CCC(CC)NC(=O)CNC1CCCS(=O)(=O)C1. The number of carbonyl (C=O) groups is 1. The second kappa shape index (κ2) is 7.09. The van der Waals surface area contributed by atoms with Gasteiger partial charge in [-0.25, -0.2) is 8.42 Å². The average Bonchev–Trinajstić information content (AvgIpc) is 2.32. The van der Waals surface area contributed by atoms with Crippen molar-refractivity contribution in [3.05, 3.63) is 0 Å². The van der Waals surface area contributed by atoms with Crippen LogP contribution < -0.4 is 10.6 Å². The number of carbonyl (C=O) groups excluding carboxylic acids is 1. The van der Waals surface area contributed by atoms with E-state index in [0.717, 1.165) is 19.3 Å². The summed E-state index contributed by atoms with van der Waals surface area (Å²) in [5.41, 5.74) is 0. The van der Waals surface area contributed by atoms with Crippen molar-refractivity contribution in [2.24, 2.45) is 0 Å². The molecule has 0 spiro atoms. The lowest BCUT2D eigenvalue weighted by Gasteiger charge is -2.23. The molecule has 1 atom stereocenters. The van der Waals surface area contributed by atoms with Crippen LogP contribution in [-0.2, 0) is 14.6 Å². The fourth-order valence-corrected chi connectivity index (χ4v) is 3.86. The van der Waals surface area contributed by atoms with Gasteiger partial charge in [0.2, 0.25) is 5.91 Å². The minimum atomic E-state index is -2.91. The molecule has 1 unspecified atom stereocenters. The van der Waals surface area contributed by atoms with Gasteiger partial charge in [-0.1, -0.05) is 13.8 Å². The van der Waals surface area contributed by atoms with E-state index in [2.05, 4.69) is 10.6 Å². The van der Waals surface area contributed by atoms with Crippen LogP contribution in [0.3, 0.4) is 0 Å². The third-order valence-electron chi connectivity index (χ3n) is 3.37. The van der Waals surface area contributed by atoms with Crippen molar-refractivity contribution in [3.63, 3.8) is 0 Å². The van der Waals surface area contributed by atoms with E-state index in [4.69, 9.17) is 0 Å². The highest BCUT2D eigenvalue weighted by atomic mass is 32.2. The van der Waals surface area contributed by atoms with E-state index in [1.165, 1.54) is 0 Å². The highest BCUT2D eigenvalue weighted by Crippen LogP contribution is 2.11. The first kappa shape index (κ1) is 15.4. The van der Waals surface area contributed by atoms with Crippen molar-refractivity contribution in [1.29, 1.82) is 0 Å².